The molecule has 1 heterocycles. The fraction of sp³-hybridized carbons (Fsp3) is 0.700. The van der Waals surface area contributed by atoms with E-state index in [1.807, 2.05) is 6.34 Å². The minimum atomic E-state index is 0.883. The van der Waals surface area contributed by atoms with Crippen molar-refractivity contribution in [2.75, 3.05) is 13.1 Å². The lowest BCUT2D eigenvalue weighted by Gasteiger charge is -2.24. The summed E-state index contributed by atoms with van der Waals surface area (Å²) in [6, 6.07) is 0. The monoisotopic (exact) mass is 164 g/mol. The first kappa shape index (κ1) is 7.84. The van der Waals surface area contributed by atoms with Gasteiger partial charge in [0.1, 0.15) is 0 Å². The summed E-state index contributed by atoms with van der Waals surface area (Å²) in [5, 5.41) is 0. The Labute approximate surface area is 74.0 Å². The van der Waals surface area contributed by atoms with Crippen molar-refractivity contribution in [3.63, 3.8) is 0 Å². The number of nitrogens with zero attached hydrogens (tertiary/aromatic N) is 2. The van der Waals surface area contributed by atoms with Gasteiger partial charge in [0.2, 0.25) is 0 Å². The lowest BCUT2D eigenvalue weighted by molar-refractivity contribution is 0.445. The van der Waals surface area contributed by atoms with Crippen LogP contribution >= 0.6 is 0 Å². The van der Waals surface area contributed by atoms with E-state index in [2.05, 4.69) is 22.9 Å². The van der Waals surface area contributed by atoms with Crippen molar-refractivity contribution in [3.05, 3.63) is 11.8 Å². The van der Waals surface area contributed by atoms with Gasteiger partial charge in [-0.2, -0.15) is 0 Å². The van der Waals surface area contributed by atoms with Crippen LogP contribution < -0.4 is 0 Å². The molecule has 2 rings (SSSR count). The highest BCUT2D eigenvalue weighted by atomic mass is 15.2. The van der Waals surface area contributed by atoms with Gasteiger partial charge in [-0.05, 0) is 25.2 Å². The second-order valence-electron chi connectivity index (χ2n) is 3.79. The first-order valence-electron chi connectivity index (χ1n) is 4.82. The van der Waals surface area contributed by atoms with E-state index in [1.165, 1.54) is 25.0 Å². The molecule has 0 saturated carbocycles. The molecule has 1 atom stereocenters. The molecule has 0 spiro atoms. The standard InChI is InChI=1S/C10H16N2/c1-9-2-4-10(5-3-9)12-7-6-11-8-12/h4,8-9H,2-3,5-7H2,1H3. The average molecular weight is 164 g/mol. The molecule has 0 aromatic carbocycles. The number of hydrogen-bond donors (Lipinski definition) is 0. The molecule has 0 saturated heterocycles. The number of allylic oxidation sites excluding steroid dienone is 2. The summed E-state index contributed by atoms with van der Waals surface area (Å²) in [6.07, 6.45) is 8.20. The van der Waals surface area contributed by atoms with Crippen molar-refractivity contribution in [1.82, 2.24) is 4.90 Å². The third kappa shape index (κ3) is 1.52. The number of rotatable bonds is 1. The maximum atomic E-state index is 4.22. The van der Waals surface area contributed by atoms with Crippen molar-refractivity contribution < 1.29 is 0 Å². The topological polar surface area (TPSA) is 15.6 Å². The summed E-state index contributed by atoms with van der Waals surface area (Å²) in [7, 11) is 0. The Morgan fingerprint density at radius 2 is 2.50 bits per heavy atom. The van der Waals surface area contributed by atoms with Crippen molar-refractivity contribution in [1.29, 1.82) is 0 Å². The van der Waals surface area contributed by atoms with Crippen LogP contribution in [0.4, 0.5) is 0 Å². The Morgan fingerprint density at radius 3 is 3.08 bits per heavy atom. The van der Waals surface area contributed by atoms with Crippen LogP contribution in [0.5, 0.6) is 0 Å². The second-order valence-corrected chi connectivity index (χ2v) is 3.79. The first-order valence-corrected chi connectivity index (χ1v) is 4.82. The van der Waals surface area contributed by atoms with E-state index in [-0.39, 0.29) is 0 Å². The Morgan fingerprint density at radius 1 is 1.58 bits per heavy atom. The molecule has 2 nitrogen and oxygen atoms in total. The predicted octanol–water partition coefficient (Wildman–Crippen LogP) is 2.03. The lowest BCUT2D eigenvalue weighted by atomic mass is 9.94. The summed E-state index contributed by atoms with van der Waals surface area (Å²) in [5.41, 5.74) is 1.49. The van der Waals surface area contributed by atoms with Gasteiger partial charge in [0, 0.05) is 12.2 Å². The van der Waals surface area contributed by atoms with Gasteiger partial charge in [0.05, 0.1) is 12.9 Å². The molecular formula is C10H16N2. The molecular weight excluding hydrogens is 148 g/mol. The van der Waals surface area contributed by atoms with Crippen LogP contribution in [0.15, 0.2) is 16.8 Å². The minimum Gasteiger partial charge on any atom is -0.335 e. The SMILES string of the molecule is CC1CC=C(N2C=NCC2)CC1. The Hall–Kier alpha value is -0.790. The first-order chi connectivity index (χ1) is 5.86. The normalized spacial score (nSPS) is 29.2. The van der Waals surface area contributed by atoms with Crippen molar-refractivity contribution >= 4 is 6.34 Å². The van der Waals surface area contributed by atoms with Crippen LogP contribution in [0.3, 0.4) is 0 Å². The zero-order valence-electron chi connectivity index (χ0n) is 7.66. The summed E-state index contributed by atoms with van der Waals surface area (Å²) in [5.74, 6) is 0.883. The maximum Gasteiger partial charge on any atom is 0.0893 e. The third-order valence-electron chi connectivity index (χ3n) is 2.71. The minimum absolute atomic E-state index is 0.883. The van der Waals surface area contributed by atoms with Crippen LogP contribution in [0.2, 0.25) is 0 Å². The fourth-order valence-electron chi connectivity index (χ4n) is 1.81. The molecule has 0 bridgehead atoms. The Kier molecular flexibility index (Phi) is 2.15. The van der Waals surface area contributed by atoms with Crippen molar-refractivity contribution in [3.8, 4) is 0 Å². The van der Waals surface area contributed by atoms with Gasteiger partial charge in [-0.15, -0.1) is 0 Å². The zero-order chi connectivity index (χ0) is 8.39. The molecule has 0 N–H and O–H groups in total. The summed E-state index contributed by atoms with van der Waals surface area (Å²) < 4.78 is 0. The largest absolute Gasteiger partial charge is 0.335 e. The van der Waals surface area contributed by atoms with Gasteiger partial charge >= 0.3 is 0 Å². The van der Waals surface area contributed by atoms with E-state index in [4.69, 9.17) is 0 Å². The number of hydrogen-bond acceptors (Lipinski definition) is 2. The van der Waals surface area contributed by atoms with Gasteiger partial charge in [-0.1, -0.05) is 13.0 Å². The van der Waals surface area contributed by atoms with Crippen molar-refractivity contribution in [2.24, 2.45) is 10.9 Å². The molecule has 1 unspecified atom stereocenters. The maximum absolute atomic E-state index is 4.22. The predicted molar refractivity (Wildman–Crippen MR) is 51.2 cm³/mol. The lowest BCUT2D eigenvalue weighted by Crippen LogP contribution is -2.21. The van der Waals surface area contributed by atoms with Gasteiger partial charge < -0.3 is 4.90 Å². The van der Waals surface area contributed by atoms with Crippen LogP contribution in [-0.2, 0) is 0 Å². The highest BCUT2D eigenvalue weighted by Crippen LogP contribution is 2.25. The Balaban J connectivity index is 1.99. The molecule has 2 aliphatic rings. The van der Waals surface area contributed by atoms with Gasteiger partial charge in [0.15, 0.2) is 0 Å². The highest BCUT2D eigenvalue weighted by molar-refractivity contribution is 5.60. The molecule has 0 fully saturated rings. The smallest absolute Gasteiger partial charge is 0.0893 e. The average Bonchev–Trinajstić information content (AvgIpc) is 2.58. The highest BCUT2D eigenvalue weighted by Gasteiger charge is 2.15. The summed E-state index contributed by atoms with van der Waals surface area (Å²) >= 11 is 0. The molecule has 2 heteroatoms. The van der Waals surface area contributed by atoms with E-state index in [0.29, 0.717) is 0 Å². The Bertz CT molecular complexity index is 218. The molecule has 66 valence electrons. The van der Waals surface area contributed by atoms with Crippen LogP contribution in [0.25, 0.3) is 0 Å². The van der Waals surface area contributed by atoms with E-state index >= 15 is 0 Å². The van der Waals surface area contributed by atoms with Crippen LogP contribution in [-0.4, -0.2) is 24.3 Å². The summed E-state index contributed by atoms with van der Waals surface area (Å²) in [4.78, 5) is 6.52. The molecule has 0 aromatic rings. The number of aliphatic imine (C=N–C) groups is 1. The van der Waals surface area contributed by atoms with E-state index in [0.717, 1.165) is 19.0 Å². The molecule has 1 aliphatic carbocycles. The summed E-state index contributed by atoms with van der Waals surface area (Å²) in [6.45, 7) is 4.40. The van der Waals surface area contributed by atoms with Gasteiger partial charge in [-0.3, -0.25) is 4.99 Å². The zero-order valence-corrected chi connectivity index (χ0v) is 7.66. The quantitative estimate of drug-likeness (QED) is 0.579. The molecule has 0 amide bonds. The fourth-order valence-corrected chi connectivity index (χ4v) is 1.81. The van der Waals surface area contributed by atoms with E-state index in [9.17, 15) is 0 Å². The second kappa shape index (κ2) is 3.30. The molecule has 12 heavy (non-hydrogen) atoms. The van der Waals surface area contributed by atoms with Gasteiger partial charge in [0.25, 0.3) is 0 Å². The van der Waals surface area contributed by atoms with Crippen LogP contribution in [0, 0.1) is 5.92 Å². The third-order valence-corrected chi connectivity index (χ3v) is 2.71. The van der Waals surface area contributed by atoms with E-state index in [1.54, 1.807) is 0 Å². The molecule has 0 radical (unpaired) electrons. The van der Waals surface area contributed by atoms with E-state index < -0.39 is 0 Å². The van der Waals surface area contributed by atoms with Crippen LogP contribution in [0.1, 0.15) is 26.2 Å². The van der Waals surface area contributed by atoms with Gasteiger partial charge in [-0.25, -0.2) is 0 Å². The van der Waals surface area contributed by atoms with Crippen molar-refractivity contribution in [2.45, 2.75) is 26.2 Å². The molecule has 0 aromatic heterocycles. The molecule has 1 aliphatic heterocycles.